The highest BCUT2D eigenvalue weighted by Crippen LogP contribution is 2.53. The van der Waals surface area contributed by atoms with E-state index < -0.39 is 9.84 Å². The molecular weight excluding hydrogens is 294 g/mol. The molecule has 122 valence electrons. The van der Waals surface area contributed by atoms with E-state index in [9.17, 15) is 8.42 Å². The summed E-state index contributed by atoms with van der Waals surface area (Å²) in [6, 6.07) is 11.2. The lowest BCUT2D eigenvalue weighted by Gasteiger charge is -2.53. The summed E-state index contributed by atoms with van der Waals surface area (Å²) in [6.07, 6.45) is 4.59. The zero-order chi connectivity index (χ0) is 16.0. The van der Waals surface area contributed by atoms with Gasteiger partial charge >= 0.3 is 0 Å². The summed E-state index contributed by atoms with van der Waals surface area (Å²) in [5.74, 6) is 0.929. The molecule has 2 atom stereocenters. The molecule has 2 aliphatic rings. The molecule has 0 saturated heterocycles. The fourth-order valence-electron chi connectivity index (χ4n) is 3.97. The van der Waals surface area contributed by atoms with Crippen LogP contribution in [0.1, 0.15) is 44.6 Å². The first-order chi connectivity index (χ1) is 10.2. The summed E-state index contributed by atoms with van der Waals surface area (Å²) >= 11 is 0. The van der Waals surface area contributed by atoms with Crippen molar-refractivity contribution < 1.29 is 8.42 Å². The summed E-state index contributed by atoms with van der Waals surface area (Å²) in [5, 5.41) is 3.67. The molecule has 0 unspecified atom stereocenters. The van der Waals surface area contributed by atoms with Crippen molar-refractivity contribution in [3.63, 3.8) is 0 Å². The van der Waals surface area contributed by atoms with Crippen LogP contribution in [0.25, 0.3) is 0 Å². The summed E-state index contributed by atoms with van der Waals surface area (Å²) in [4.78, 5) is 0. The molecule has 3 rings (SSSR count). The molecule has 2 fully saturated rings. The van der Waals surface area contributed by atoms with Crippen LogP contribution in [0.2, 0.25) is 0 Å². The second-order valence-corrected chi connectivity index (χ2v) is 10.2. The monoisotopic (exact) mass is 321 g/mol. The molecule has 0 heterocycles. The van der Waals surface area contributed by atoms with E-state index in [1.54, 1.807) is 0 Å². The predicted octanol–water partition coefficient (Wildman–Crippen LogP) is 2.98. The van der Waals surface area contributed by atoms with Gasteiger partial charge in [0.15, 0.2) is 0 Å². The predicted molar refractivity (Wildman–Crippen MR) is 90.7 cm³/mol. The van der Waals surface area contributed by atoms with Gasteiger partial charge < -0.3 is 5.32 Å². The van der Waals surface area contributed by atoms with E-state index >= 15 is 0 Å². The summed E-state index contributed by atoms with van der Waals surface area (Å²) in [7, 11) is -2.88. The van der Waals surface area contributed by atoms with Gasteiger partial charge in [-0.15, -0.1) is 0 Å². The lowest BCUT2D eigenvalue weighted by atomic mass is 9.56. The molecule has 0 aliphatic heterocycles. The average Bonchev–Trinajstić information content (AvgIpc) is 3.16. The quantitative estimate of drug-likeness (QED) is 0.876. The Bertz CT molecular complexity index is 632. The first-order valence-electron chi connectivity index (χ1n) is 8.18. The fraction of sp³-hybridized carbons (Fsp3) is 0.667. The van der Waals surface area contributed by atoms with Crippen LogP contribution >= 0.6 is 0 Å². The van der Waals surface area contributed by atoms with Gasteiger partial charge in [0.25, 0.3) is 0 Å². The topological polar surface area (TPSA) is 46.2 Å². The minimum Gasteiger partial charge on any atom is -0.313 e. The summed E-state index contributed by atoms with van der Waals surface area (Å²) in [6.45, 7) is 5.49. The number of sulfone groups is 1. The Labute approximate surface area is 134 Å². The van der Waals surface area contributed by atoms with Crippen LogP contribution in [0.3, 0.4) is 0 Å². The average molecular weight is 321 g/mol. The largest absolute Gasteiger partial charge is 0.313 e. The van der Waals surface area contributed by atoms with Crippen LogP contribution in [-0.2, 0) is 9.84 Å². The Balaban J connectivity index is 1.58. The second kappa shape index (κ2) is 5.34. The zero-order valence-corrected chi connectivity index (χ0v) is 14.6. The number of hydrogen-bond donors (Lipinski definition) is 1. The Hall–Kier alpha value is -0.870. The van der Waals surface area contributed by atoms with Gasteiger partial charge in [0.1, 0.15) is 9.84 Å². The zero-order valence-electron chi connectivity index (χ0n) is 13.8. The minimum atomic E-state index is -2.88. The molecule has 0 spiro atoms. The fourth-order valence-corrected chi connectivity index (χ4v) is 5.47. The van der Waals surface area contributed by atoms with Crippen LogP contribution < -0.4 is 5.32 Å². The van der Waals surface area contributed by atoms with Gasteiger partial charge in [-0.2, -0.15) is 0 Å². The van der Waals surface area contributed by atoms with Gasteiger partial charge in [-0.25, -0.2) is 8.42 Å². The molecule has 22 heavy (non-hydrogen) atoms. The Morgan fingerprint density at radius 3 is 2.32 bits per heavy atom. The van der Waals surface area contributed by atoms with Gasteiger partial charge in [0, 0.05) is 18.8 Å². The van der Waals surface area contributed by atoms with Crippen molar-refractivity contribution in [2.45, 2.75) is 45.1 Å². The lowest BCUT2D eigenvalue weighted by molar-refractivity contribution is 0.0657. The van der Waals surface area contributed by atoms with E-state index in [2.05, 4.69) is 49.5 Å². The maximum atomic E-state index is 11.6. The standard InChI is InChI=1S/C18H27NO2S/c1-17(2)15(14-7-5-4-6-8-14)11-16(17)19-12-18(9-10-18)13-22(3,20)21/h4-8,15-16,19H,9-13H2,1-3H3/t15-,16+/m1/s1. The summed E-state index contributed by atoms with van der Waals surface area (Å²) < 4.78 is 23.1. The van der Waals surface area contributed by atoms with E-state index in [1.165, 1.54) is 11.8 Å². The number of hydrogen-bond acceptors (Lipinski definition) is 3. The van der Waals surface area contributed by atoms with E-state index in [1.807, 2.05) is 0 Å². The SMILES string of the molecule is CC1(C)[C@@H](NCC2(CS(C)(=O)=O)CC2)C[C@@H]1c1ccccc1. The third-order valence-electron chi connectivity index (χ3n) is 5.72. The van der Waals surface area contributed by atoms with Crippen molar-refractivity contribution >= 4 is 9.84 Å². The molecule has 0 radical (unpaired) electrons. The Morgan fingerprint density at radius 1 is 1.18 bits per heavy atom. The van der Waals surface area contributed by atoms with E-state index in [0.29, 0.717) is 17.7 Å². The van der Waals surface area contributed by atoms with Crippen LogP contribution in [0.4, 0.5) is 0 Å². The maximum absolute atomic E-state index is 11.6. The highest BCUT2D eigenvalue weighted by atomic mass is 32.2. The first kappa shape index (κ1) is 16.0. The molecule has 0 amide bonds. The van der Waals surface area contributed by atoms with Crippen molar-refractivity contribution in [2.75, 3.05) is 18.6 Å². The third-order valence-corrected chi connectivity index (χ3v) is 6.86. The van der Waals surface area contributed by atoms with Gasteiger partial charge in [-0.3, -0.25) is 0 Å². The second-order valence-electron chi connectivity index (χ2n) is 8.02. The van der Waals surface area contributed by atoms with Gasteiger partial charge in [0.2, 0.25) is 0 Å². The number of rotatable bonds is 6. The van der Waals surface area contributed by atoms with E-state index in [4.69, 9.17) is 0 Å². The smallest absolute Gasteiger partial charge is 0.148 e. The molecule has 2 aliphatic carbocycles. The van der Waals surface area contributed by atoms with Gasteiger partial charge in [-0.05, 0) is 41.6 Å². The number of nitrogens with one attached hydrogen (secondary N) is 1. The van der Waals surface area contributed by atoms with Crippen molar-refractivity contribution in [1.82, 2.24) is 5.32 Å². The molecule has 1 N–H and O–H groups in total. The molecule has 0 bridgehead atoms. The van der Waals surface area contributed by atoms with Crippen molar-refractivity contribution in [2.24, 2.45) is 10.8 Å². The van der Waals surface area contributed by atoms with Crippen LogP contribution in [0.15, 0.2) is 30.3 Å². The third kappa shape index (κ3) is 3.23. The van der Waals surface area contributed by atoms with Crippen LogP contribution in [0, 0.1) is 10.8 Å². The molecule has 3 nitrogen and oxygen atoms in total. The highest BCUT2D eigenvalue weighted by Gasteiger charge is 2.51. The van der Waals surface area contributed by atoms with E-state index in [-0.39, 0.29) is 10.8 Å². The molecule has 2 saturated carbocycles. The van der Waals surface area contributed by atoms with Crippen molar-refractivity contribution in [3.05, 3.63) is 35.9 Å². The normalized spacial score (nSPS) is 28.9. The minimum absolute atomic E-state index is 0.0154. The molecule has 1 aromatic carbocycles. The summed E-state index contributed by atoms with van der Waals surface area (Å²) in [5.41, 5.74) is 1.66. The first-order valence-corrected chi connectivity index (χ1v) is 10.2. The van der Waals surface area contributed by atoms with Crippen LogP contribution in [0.5, 0.6) is 0 Å². The van der Waals surface area contributed by atoms with Crippen molar-refractivity contribution in [3.8, 4) is 0 Å². The van der Waals surface area contributed by atoms with Crippen molar-refractivity contribution in [1.29, 1.82) is 0 Å². The lowest BCUT2D eigenvalue weighted by Crippen LogP contribution is -2.56. The van der Waals surface area contributed by atoms with Gasteiger partial charge in [0.05, 0.1) is 5.75 Å². The molecular formula is C18H27NO2S. The molecule has 1 aromatic rings. The Kier molecular flexibility index (Phi) is 3.89. The highest BCUT2D eigenvalue weighted by molar-refractivity contribution is 7.90. The van der Waals surface area contributed by atoms with E-state index in [0.717, 1.165) is 25.8 Å². The van der Waals surface area contributed by atoms with Crippen LogP contribution in [-0.4, -0.2) is 33.0 Å². The number of benzene rings is 1. The molecule has 0 aromatic heterocycles. The maximum Gasteiger partial charge on any atom is 0.148 e. The Morgan fingerprint density at radius 2 is 1.82 bits per heavy atom. The molecule has 4 heteroatoms. The van der Waals surface area contributed by atoms with Gasteiger partial charge in [-0.1, -0.05) is 44.2 Å².